The van der Waals surface area contributed by atoms with Crippen molar-refractivity contribution in [1.29, 1.82) is 0 Å². The molecule has 2 N–H and O–H groups in total. The molecule has 1 unspecified atom stereocenters. The first-order valence-electron chi connectivity index (χ1n) is 7.73. The lowest BCUT2D eigenvalue weighted by Crippen LogP contribution is -2.46. The fourth-order valence-corrected chi connectivity index (χ4v) is 3.08. The van der Waals surface area contributed by atoms with Crippen LogP contribution in [-0.4, -0.2) is 90.7 Å². The van der Waals surface area contributed by atoms with Crippen LogP contribution in [0, 0.1) is 0 Å². The highest BCUT2D eigenvalue weighted by Crippen LogP contribution is 2.13. The van der Waals surface area contributed by atoms with E-state index in [0.29, 0.717) is 32.2 Å². The van der Waals surface area contributed by atoms with Crippen LogP contribution in [-0.2, 0) is 4.79 Å². The Labute approximate surface area is 125 Å². The number of carbonyl (C=O) groups is 2. The van der Waals surface area contributed by atoms with Crippen molar-refractivity contribution in [2.24, 2.45) is 0 Å². The van der Waals surface area contributed by atoms with Gasteiger partial charge in [0, 0.05) is 38.8 Å². The van der Waals surface area contributed by atoms with E-state index in [2.05, 4.69) is 17.3 Å². The Morgan fingerprint density at radius 3 is 2.62 bits per heavy atom. The van der Waals surface area contributed by atoms with Gasteiger partial charge in [-0.3, -0.25) is 9.69 Å². The summed E-state index contributed by atoms with van der Waals surface area (Å²) in [5.41, 5.74) is 0. The van der Waals surface area contributed by atoms with Crippen molar-refractivity contribution in [3.63, 3.8) is 0 Å². The summed E-state index contributed by atoms with van der Waals surface area (Å²) in [6, 6.07) is 0.428. The summed E-state index contributed by atoms with van der Waals surface area (Å²) in [4.78, 5) is 28.9. The van der Waals surface area contributed by atoms with Crippen molar-refractivity contribution < 1.29 is 14.7 Å². The van der Waals surface area contributed by atoms with Gasteiger partial charge in [-0.2, -0.15) is 0 Å². The molecule has 2 aliphatic heterocycles. The molecule has 2 heterocycles. The lowest BCUT2D eigenvalue weighted by atomic mass is 10.2. The number of hydrogen-bond acceptors (Lipinski definition) is 4. The predicted octanol–water partition coefficient (Wildman–Crippen LogP) is -0.117. The van der Waals surface area contributed by atoms with Gasteiger partial charge in [0.25, 0.3) is 0 Å². The molecule has 0 aromatic heterocycles. The van der Waals surface area contributed by atoms with Gasteiger partial charge in [-0.25, -0.2) is 4.79 Å². The second-order valence-electron chi connectivity index (χ2n) is 5.97. The first-order chi connectivity index (χ1) is 10.1. The Kier molecular flexibility index (Phi) is 5.81. The van der Waals surface area contributed by atoms with Gasteiger partial charge >= 0.3 is 12.0 Å². The van der Waals surface area contributed by atoms with E-state index in [0.717, 1.165) is 25.9 Å². The van der Waals surface area contributed by atoms with E-state index in [1.54, 1.807) is 4.90 Å². The second-order valence-corrected chi connectivity index (χ2v) is 5.97. The van der Waals surface area contributed by atoms with E-state index in [1.165, 1.54) is 6.42 Å². The van der Waals surface area contributed by atoms with Crippen molar-refractivity contribution in [2.75, 3.05) is 52.9 Å². The number of nitrogens with zero attached hydrogens (tertiary/aromatic N) is 3. The smallest absolute Gasteiger partial charge is 0.317 e. The molecule has 2 rings (SSSR count). The van der Waals surface area contributed by atoms with E-state index >= 15 is 0 Å². The molecule has 120 valence electrons. The summed E-state index contributed by atoms with van der Waals surface area (Å²) in [5.74, 6) is -0.808. The number of amides is 2. The minimum absolute atomic E-state index is 0.0209. The molecule has 1 atom stereocenters. The molecule has 0 saturated carbocycles. The fourth-order valence-electron chi connectivity index (χ4n) is 3.08. The van der Waals surface area contributed by atoms with Crippen molar-refractivity contribution in [2.45, 2.75) is 25.3 Å². The monoisotopic (exact) mass is 298 g/mol. The SMILES string of the molecule is CN1CCCC1CNC(=O)N1CCCN(CC(=O)O)CC1. The van der Waals surface area contributed by atoms with Crippen LogP contribution >= 0.6 is 0 Å². The number of likely N-dealkylation sites (N-methyl/N-ethyl adjacent to an activating group) is 1. The average Bonchev–Trinajstić information content (AvgIpc) is 2.70. The zero-order chi connectivity index (χ0) is 15.2. The maximum Gasteiger partial charge on any atom is 0.317 e. The van der Waals surface area contributed by atoms with Gasteiger partial charge in [0.15, 0.2) is 0 Å². The lowest BCUT2D eigenvalue weighted by Gasteiger charge is -2.24. The van der Waals surface area contributed by atoms with Crippen molar-refractivity contribution in [3.05, 3.63) is 0 Å². The molecule has 2 fully saturated rings. The highest BCUT2D eigenvalue weighted by atomic mass is 16.4. The molecule has 0 aromatic rings. The van der Waals surface area contributed by atoms with Gasteiger partial charge in [0.1, 0.15) is 0 Å². The van der Waals surface area contributed by atoms with E-state index in [-0.39, 0.29) is 12.6 Å². The summed E-state index contributed by atoms with van der Waals surface area (Å²) in [6.45, 7) is 4.52. The maximum absolute atomic E-state index is 12.2. The number of hydrogen-bond donors (Lipinski definition) is 2. The fraction of sp³-hybridized carbons (Fsp3) is 0.857. The zero-order valence-corrected chi connectivity index (χ0v) is 12.8. The predicted molar refractivity (Wildman–Crippen MR) is 79.3 cm³/mol. The molecule has 2 amide bonds. The van der Waals surface area contributed by atoms with Crippen LogP contribution in [0.1, 0.15) is 19.3 Å². The van der Waals surface area contributed by atoms with Crippen molar-refractivity contribution >= 4 is 12.0 Å². The number of urea groups is 1. The maximum atomic E-state index is 12.2. The number of carbonyl (C=O) groups excluding carboxylic acids is 1. The summed E-state index contributed by atoms with van der Waals surface area (Å²) in [5, 5.41) is 11.8. The highest BCUT2D eigenvalue weighted by Gasteiger charge is 2.24. The van der Waals surface area contributed by atoms with Gasteiger partial charge in [0.2, 0.25) is 0 Å². The van der Waals surface area contributed by atoms with Gasteiger partial charge < -0.3 is 20.2 Å². The summed E-state index contributed by atoms with van der Waals surface area (Å²) >= 11 is 0. The molecule has 2 aliphatic rings. The van der Waals surface area contributed by atoms with Crippen LogP contribution in [0.25, 0.3) is 0 Å². The number of carboxylic acids is 1. The van der Waals surface area contributed by atoms with Crippen LogP contribution in [0.15, 0.2) is 0 Å². The third kappa shape index (κ3) is 4.86. The van der Waals surface area contributed by atoms with Crippen LogP contribution < -0.4 is 5.32 Å². The number of likely N-dealkylation sites (tertiary alicyclic amines) is 1. The molecule has 0 radical (unpaired) electrons. The number of aliphatic carboxylic acids is 1. The Hall–Kier alpha value is -1.34. The first-order valence-corrected chi connectivity index (χ1v) is 7.73. The minimum atomic E-state index is -0.808. The minimum Gasteiger partial charge on any atom is -0.480 e. The molecule has 0 aromatic carbocycles. The number of carboxylic acid groups (broad SMARTS) is 1. The third-order valence-corrected chi connectivity index (χ3v) is 4.40. The molecule has 0 bridgehead atoms. The summed E-state index contributed by atoms with van der Waals surface area (Å²) in [6.07, 6.45) is 3.16. The van der Waals surface area contributed by atoms with E-state index in [9.17, 15) is 9.59 Å². The van der Waals surface area contributed by atoms with Crippen LogP contribution in [0.2, 0.25) is 0 Å². The molecule has 21 heavy (non-hydrogen) atoms. The van der Waals surface area contributed by atoms with Gasteiger partial charge in [-0.05, 0) is 32.9 Å². The molecule has 0 spiro atoms. The average molecular weight is 298 g/mol. The normalized spacial score (nSPS) is 24.8. The van der Waals surface area contributed by atoms with E-state index in [4.69, 9.17) is 5.11 Å². The second kappa shape index (κ2) is 7.61. The van der Waals surface area contributed by atoms with Crippen LogP contribution in [0.5, 0.6) is 0 Å². The molecule has 7 nitrogen and oxygen atoms in total. The Morgan fingerprint density at radius 2 is 1.95 bits per heavy atom. The third-order valence-electron chi connectivity index (χ3n) is 4.40. The van der Waals surface area contributed by atoms with Crippen LogP contribution in [0.4, 0.5) is 4.79 Å². The standard InChI is InChI=1S/C14H26N4O3/c1-16-5-2-4-12(16)10-15-14(21)18-7-3-6-17(8-9-18)11-13(19)20/h12H,2-11H2,1H3,(H,15,21)(H,19,20). The molecular weight excluding hydrogens is 272 g/mol. The summed E-state index contributed by atoms with van der Waals surface area (Å²) in [7, 11) is 2.10. The largest absolute Gasteiger partial charge is 0.480 e. The Balaban J connectivity index is 1.73. The number of rotatable bonds is 4. The van der Waals surface area contributed by atoms with Crippen LogP contribution in [0.3, 0.4) is 0 Å². The quantitative estimate of drug-likeness (QED) is 0.757. The molecule has 2 saturated heterocycles. The topological polar surface area (TPSA) is 76.1 Å². The van der Waals surface area contributed by atoms with E-state index in [1.807, 2.05) is 4.90 Å². The Morgan fingerprint density at radius 1 is 1.14 bits per heavy atom. The van der Waals surface area contributed by atoms with E-state index < -0.39 is 5.97 Å². The molecular formula is C14H26N4O3. The summed E-state index contributed by atoms with van der Waals surface area (Å²) < 4.78 is 0. The Bertz CT molecular complexity index is 377. The first kappa shape index (κ1) is 16.0. The van der Waals surface area contributed by atoms with Crippen molar-refractivity contribution in [3.8, 4) is 0 Å². The van der Waals surface area contributed by atoms with Gasteiger partial charge in [0.05, 0.1) is 6.54 Å². The van der Waals surface area contributed by atoms with Gasteiger partial charge in [-0.15, -0.1) is 0 Å². The molecule has 0 aliphatic carbocycles. The zero-order valence-electron chi connectivity index (χ0n) is 12.8. The number of nitrogens with one attached hydrogen (secondary N) is 1. The van der Waals surface area contributed by atoms with Gasteiger partial charge in [-0.1, -0.05) is 0 Å². The lowest BCUT2D eigenvalue weighted by molar-refractivity contribution is -0.138. The molecule has 7 heteroatoms. The highest BCUT2D eigenvalue weighted by molar-refractivity contribution is 5.74. The van der Waals surface area contributed by atoms with Crippen molar-refractivity contribution in [1.82, 2.24) is 20.0 Å².